The molecule has 16 nitrogen and oxygen atoms in total. The first-order valence-electron chi connectivity index (χ1n) is 19.1. The molecule has 294 valence electrons. The predicted octanol–water partition coefficient (Wildman–Crippen LogP) is 4.96. The second kappa shape index (κ2) is 16.0. The summed E-state index contributed by atoms with van der Waals surface area (Å²) in [5, 5.41) is 5.38. The lowest BCUT2D eigenvalue weighted by atomic mass is 9.96. The number of aromatic nitrogens is 4. The van der Waals surface area contributed by atoms with Gasteiger partial charge in [0.25, 0.3) is 0 Å². The Labute approximate surface area is 325 Å². The molecule has 2 saturated heterocycles. The highest BCUT2D eigenvalue weighted by Gasteiger charge is 2.39. The van der Waals surface area contributed by atoms with Crippen LogP contribution in [-0.2, 0) is 19.1 Å². The third-order valence-corrected chi connectivity index (χ3v) is 10.8. The quantitative estimate of drug-likeness (QED) is 0.210. The monoisotopic (exact) mass is 764 g/mol. The summed E-state index contributed by atoms with van der Waals surface area (Å²) in [5.41, 5.74) is 6.75. The maximum absolute atomic E-state index is 13.6. The number of allylic oxidation sites excluding steroid dienone is 2. The van der Waals surface area contributed by atoms with Crippen molar-refractivity contribution in [1.82, 2.24) is 40.4 Å². The van der Waals surface area contributed by atoms with E-state index in [1.807, 2.05) is 64.4 Å². The molecule has 4 aliphatic rings. The Morgan fingerprint density at radius 3 is 1.62 bits per heavy atom. The Kier molecular flexibility index (Phi) is 10.9. The summed E-state index contributed by atoms with van der Waals surface area (Å²) in [6.45, 7) is 8.72. The first-order chi connectivity index (χ1) is 27.0. The molecule has 56 heavy (non-hydrogen) atoms. The van der Waals surface area contributed by atoms with Crippen LogP contribution in [0.2, 0.25) is 0 Å². The number of nitrogens with zero attached hydrogens (tertiary/aromatic N) is 6. The number of hydrogen-bond acceptors (Lipinski definition) is 10. The smallest absolute Gasteiger partial charge is 0.407 e. The Bertz CT molecular complexity index is 2130. The number of rotatable bonds is 11. The lowest BCUT2D eigenvalue weighted by Crippen LogP contribution is -2.51. The van der Waals surface area contributed by atoms with Crippen molar-refractivity contribution in [3.63, 3.8) is 0 Å². The second-order valence-corrected chi connectivity index (χ2v) is 15.1. The molecule has 4 aliphatic heterocycles. The summed E-state index contributed by atoms with van der Waals surface area (Å²) in [6.07, 6.45) is 9.06. The maximum Gasteiger partial charge on any atom is 0.407 e. The maximum atomic E-state index is 13.6. The van der Waals surface area contributed by atoms with Crippen LogP contribution >= 0.6 is 0 Å². The number of H-pyrrole nitrogens is 2. The van der Waals surface area contributed by atoms with Gasteiger partial charge in [0.1, 0.15) is 23.7 Å². The number of hydrogen-bond donors (Lipinski definition) is 4. The molecule has 6 heterocycles. The van der Waals surface area contributed by atoms with Gasteiger partial charge in [0.2, 0.25) is 11.8 Å². The fourth-order valence-electron chi connectivity index (χ4n) is 7.83. The summed E-state index contributed by atoms with van der Waals surface area (Å²) in [4.78, 5) is 80.4. The van der Waals surface area contributed by atoms with Crippen LogP contribution in [0.25, 0.3) is 11.3 Å². The number of aliphatic imine (C=N–C) groups is 2. The molecule has 4 N–H and O–H groups in total. The number of alkyl carbamates (subject to hydrolysis) is 2. The van der Waals surface area contributed by atoms with E-state index in [9.17, 15) is 19.2 Å². The van der Waals surface area contributed by atoms with Crippen molar-refractivity contribution in [2.75, 3.05) is 27.3 Å². The molecule has 0 bridgehead atoms. The zero-order valence-corrected chi connectivity index (χ0v) is 32.5. The normalized spacial score (nSPS) is 20.0. The Morgan fingerprint density at radius 2 is 1.12 bits per heavy atom. The van der Waals surface area contributed by atoms with Gasteiger partial charge in [0.05, 0.1) is 61.5 Å². The molecule has 3 aromatic rings. The van der Waals surface area contributed by atoms with Gasteiger partial charge in [-0.05, 0) is 43.1 Å². The Morgan fingerprint density at radius 1 is 0.679 bits per heavy atom. The summed E-state index contributed by atoms with van der Waals surface area (Å²) >= 11 is 0. The Hall–Kier alpha value is -6.06. The molecule has 0 radical (unpaired) electrons. The molecule has 0 spiro atoms. The van der Waals surface area contributed by atoms with E-state index in [2.05, 4.69) is 30.6 Å². The summed E-state index contributed by atoms with van der Waals surface area (Å²) in [6, 6.07) is 6.16. The minimum absolute atomic E-state index is 0.116. The van der Waals surface area contributed by atoms with E-state index in [4.69, 9.17) is 19.5 Å². The lowest BCUT2D eigenvalue weighted by Gasteiger charge is -2.30. The number of amides is 4. The molecule has 2 fully saturated rings. The van der Waals surface area contributed by atoms with E-state index >= 15 is 0 Å². The van der Waals surface area contributed by atoms with Gasteiger partial charge in [-0.2, -0.15) is 0 Å². The van der Waals surface area contributed by atoms with Crippen LogP contribution in [0, 0.1) is 11.8 Å². The van der Waals surface area contributed by atoms with Crippen LogP contribution in [0.4, 0.5) is 9.59 Å². The molecular formula is C40H48N10O6. The van der Waals surface area contributed by atoms with Crippen LogP contribution < -0.4 is 10.6 Å². The molecule has 0 aliphatic carbocycles. The number of benzene rings is 1. The minimum Gasteiger partial charge on any atom is -0.453 e. The van der Waals surface area contributed by atoms with Crippen molar-refractivity contribution < 1.29 is 28.7 Å². The highest BCUT2D eigenvalue weighted by Crippen LogP contribution is 2.36. The molecular weight excluding hydrogens is 717 g/mol. The third-order valence-electron chi connectivity index (χ3n) is 10.8. The van der Waals surface area contributed by atoms with Crippen molar-refractivity contribution >= 4 is 35.4 Å². The van der Waals surface area contributed by atoms with Gasteiger partial charge in [-0.15, -0.1) is 0 Å². The number of carbonyl (C=O) groups is 4. The van der Waals surface area contributed by atoms with Gasteiger partial charge in [0.15, 0.2) is 0 Å². The number of ether oxygens (including phenoxy) is 2. The van der Waals surface area contributed by atoms with Crippen LogP contribution in [0.1, 0.15) is 88.4 Å². The van der Waals surface area contributed by atoms with E-state index in [0.717, 1.165) is 70.8 Å². The van der Waals surface area contributed by atoms with E-state index in [1.54, 1.807) is 22.2 Å². The molecule has 0 saturated carbocycles. The first-order valence-corrected chi connectivity index (χ1v) is 19.1. The third kappa shape index (κ3) is 7.34. The lowest BCUT2D eigenvalue weighted by molar-refractivity contribution is -0.136. The number of aromatic amines is 2. The highest BCUT2D eigenvalue weighted by molar-refractivity contribution is 6.29. The number of likely N-dealkylation sites (tertiary alicyclic amines) is 2. The van der Waals surface area contributed by atoms with Crippen molar-refractivity contribution in [3.05, 3.63) is 83.1 Å². The molecule has 1 aromatic carbocycles. The molecule has 1 unspecified atom stereocenters. The van der Waals surface area contributed by atoms with E-state index in [1.165, 1.54) is 14.2 Å². The number of nitrogens with one attached hydrogen (secondary N) is 4. The number of fused-ring (bicyclic) bond motifs is 1. The summed E-state index contributed by atoms with van der Waals surface area (Å²) in [5.74, 6) is 0.815. The molecule has 2 aromatic heterocycles. The summed E-state index contributed by atoms with van der Waals surface area (Å²) < 4.78 is 9.51. The van der Waals surface area contributed by atoms with Crippen LogP contribution in [0.3, 0.4) is 0 Å². The predicted molar refractivity (Wildman–Crippen MR) is 208 cm³/mol. The first kappa shape index (κ1) is 38.2. The van der Waals surface area contributed by atoms with Gasteiger partial charge >= 0.3 is 12.2 Å². The zero-order chi connectivity index (χ0) is 39.7. The highest BCUT2D eigenvalue weighted by atomic mass is 16.5. The van der Waals surface area contributed by atoms with Crippen molar-refractivity contribution in [2.24, 2.45) is 21.8 Å². The molecule has 4 amide bonds. The van der Waals surface area contributed by atoms with Crippen LogP contribution in [0.15, 0.2) is 70.2 Å². The second-order valence-electron chi connectivity index (χ2n) is 15.1. The van der Waals surface area contributed by atoms with Crippen molar-refractivity contribution in [1.29, 1.82) is 0 Å². The number of carbonyl (C=O) groups excluding carboxylic acids is 4. The average molecular weight is 765 g/mol. The van der Waals surface area contributed by atoms with Gasteiger partial charge < -0.3 is 39.9 Å². The summed E-state index contributed by atoms with van der Waals surface area (Å²) in [7, 11) is 2.57. The van der Waals surface area contributed by atoms with Gasteiger partial charge in [-0.3, -0.25) is 19.6 Å². The van der Waals surface area contributed by atoms with Gasteiger partial charge in [-0.1, -0.05) is 52.0 Å². The molecule has 4 atom stereocenters. The fraction of sp³-hybridized carbons (Fsp3) is 0.450. The average Bonchev–Trinajstić information content (AvgIpc) is 4.04. The number of imidazole rings is 2. The van der Waals surface area contributed by atoms with E-state index in [-0.39, 0.29) is 35.7 Å². The standard InChI is InChI=1S/C40H48N10O6/c1-21(2)31(47-39(53)55-5)37(51)49-15-7-9-29(49)35-43-19-27(45-35)23-11-13-24(14-12-23)33-25-17-42-34(26(25)18-41-33)28-20-44-36(46-28)30-10-8-16-50(30)38(52)32(22(3)4)48-40(54)56-6/h11-14,17-22,29-32H,7-10,15-16H2,1-6H3,(H,43,45)(H,44,46)(H,47,53)(H,48,54)/t29-,30?,31-,32-/m0/s1. The van der Waals surface area contributed by atoms with Crippen molar-refractivity contribution in [3.8, 4) is 11.3 Å². The topological polar surface area (TPSA) is 199 Å². The van der Waals surface area contributed by atoms with Crippen molar-refractivity contribution in [2.45, 2.75) is 77.5 Å². The van der Waals surface area contributed by atoms with Crippen LogP contribution in [-0.4, -0.2) is 105 Å². The SMILES string of the molecule is COC(=O)N[C@H](C(=O)N1CCCC1c1ncc(C2=NC=C3C2=CN=C3c2ccc(-c3cnc([C@@H]4CCCN4C(=O)[C@@H](NC(=O)OC)C(C)C)[nH]3)cc2)[nH]1)C(C)C. The van der Waals surface area contributed by atoms with Crippen LogP contribution in [0.5, 0.6) is 0 Å². The zero-order valence-electron chi connectivity index (χ0n) is 32.5. The van der Waals surface area contributed by atoms with Gasteiger partial charge in [-0.25, -0.2) is 19.6 Å². The largest absolute Gasteiger partial charge is 0.453 e. The molecule has 7 rings (SSSR count). The number of methoxy groups -OCH3 is 2. The Balaban J connectivity index is 0.995. The minimum atomic E-state index is -0.712. The van der Waals surface area contributed by atoms with Gasteiger partial charge in [0, 0.05) is 42.2 Å². The van der Waals surface area contributed by atoms with E-state index in [0.29, 0.717) is 24.7 Å². The molecule has 16 heteroatoms. The fourth-order valence-corrected chi connectivity index (χ4v) is 7.83. The van der Waals surface area contributed by atoms with E-state index < -0.39 is 24.3 Å².